The minimum Gasteiger partial charge on any atom is -0.468 e. The lowest BCUT2D eigenvalue weighted by atomic mass is 9.88. The molecule has 2 unspecified atom stereocenters. The van der Waals surface area contributed by atoms with Crippen LogP contribution in [0, 0.1) is 5.92 Å². The molecular weight excluding hydrogens is 506 g/mol. The summed E-state index contributed by atoms with van der Waals surface area (Å²) < 4.78 is 24.2. The first-order chi connectivity index (χ1) is 18.1. The lowest BCUT2D eigenvalue weighted by Crippen LogP contribution is -2.63. The molecule has 204 valence electrons. The highest BCUT2D eigenvalue weighted by molar-refractivity contribution is 6.19. The molecule has 1 aromatic carbocycles. The number of carbonyl (C=O) groups excluding carboxylic acids is 5. The van der Waals surface area contributed by atoms with Crippen LogP contribution in [0.2, 0.25) is 0 Å². The third-order valence-corrected chi connectivity index (χ3v) is 5.23. The number of hydrogen-bond donors (Lipinski definition) is 3. The molecule has 0 fully saturated rings. The summed E-state index contributed by atoms with van der Waals surface area (Å²) in [7, 11) is 4.36. The Kier molecular flexibility index (Phi) is 9.90. The zero-order chi connectivity index (χ0) is 28.5. The van der Waals surface area contributed by atoms with Crippen LogP contribution in [0.4, 0.5) is 9.59 Å². The van der Waals surface area contributed by atoms with Crippen LogP contribution in [0.25, 0.3) is 5.70 Å². The fourth-order valence-electron chi connectivity index (χ4n) is 3.32. The van der Waals surface area contributed by atoms with E-state index in [2.05, 4.69) is 30.4 Å². The molecule has 1 heterocycles. The predicted octanol–water partition coefficient (Wildman–Crippen LogP) is 0.666. The molecule has 0 radical (unpaired) electrons. The minimum absolute atomic E-state index is 0.0390. The first-order valence-corrected chi connectivity index (χ1v) is 10.8. The van der Waals surface area contributed by atoms with Gasteiger partial charge < -0.3 is 29.0 Å². The standard InChI is InChI=1S/C23H27N5O10/c1-12(25-27-21(32)36-5)15(18(29)34-3)16-17(14-10-8-7-9-11-14)24-23(20(31)35-4,38-19(16)30)13(2)26-28-22(33)37-6/h7-11,15,24H,1-6H3,(H,27,32)(H,28,33)/b25-12+,26-13+. The Labute approximate surface area is 217 Å². The van der Waals surface area contributed by atoms with Gasteiger partial charge in [-0.05, 0) is 19.4 Å². The van der Waals surface area contributed by atoms with E-state index in [9.17, 15) is 24.0 Å². The predicted molar refractivity (Wildman–Crippen MR) is 130 cm³/mol. The molecule has 0 bridgehead atoms. The Morgan fingerprint density at radius 2 is 1.47 bits per heavy atom. The van der Waals surface area contributed by atoms with Crippen molar-refractivity contribution in [3.63, 3.8) is 0 Å². The summed E-state index contributed by atoms with van der Waals surface area (Å²) in [5, 5.41) is 10.4. The molecule has 2 atom stereocenters. The van der Waals surface area contributed by atoms with Gasteiger partial charge in [-0.1, -0.05) is 30.3 Å². The van der Waals surface area contributed by atoms with Gasteiger partial charge >= 0.3 is 35.8 Å². The smallest absolute Gasteiger partial charge is 0.427 e. The molecule has 38 heavy (non-hydrogen) atoms. The number of hydrogen-bond acceptors (Lipinski definition) is 13. The Balaban J connectivity index is 2.83. The van der Waals surface area contributed by atoms with Crippen molar-refractivity contribution < 1.29 is 47.7 Å². The zero-order valence-corrected chi connectivity index (χ0v) is 21.4. The van der Waals surface area contributed by atoms with E-state index < -0.39 is 41.7 Å². The van der Waals surface area contributed by atoms with Gasteiger partial charge in [-0.25, -0.2) is 30.0 Å². The average molecular weight is 533 g/mol. The summed E-state index contributed by atoms with van der Waals surface area (Å²) in [6.45, 7) is 2.64. The SMILES string of the molecule is COC(=O)N/N=C(\C)C(C(=O)OC)C1=C(c2ccccc2)NC(C(=O)OC)(/C(C)=N/NC(=O)OC)OC1=O. The largest absolute Gasteiger partial charge is 0.468 e. The van der Waals surface area contributed by atoms with Crippen molar-refractivity contribution in [3.8, 4) is 0 Å². The van der Waals surface area contributed by atoms with Crippen molar-refractivity contribution in [2.24, 2.45) is 16.1 Å². The maximum absolute atomic E-state index is 13.6. The number of nitrogens with one attached hydrogen (secondary N) is 3. The van der Waals surface area contributed by atoms with Crippen molar-refractivity contribution in [1.29, 1.82) is 0 Å². The van der Waals surface area contributed by atoms with Gasteiger partial charge in [0.15, 0.2) is 0 Å². The zero-order valence-electron chi connectivity index (χ0n) is 21.4. The molecule has 0 saturated carbocycles. The van der Waals surface area contributed by atoms with Crippen molar-refractivity contribution >= 4 is 47.2 Å². The van der Waals surface area contributed by atoms with E-state index in [4.69, 9.17) is 14.2 Å². The summed E-state index contributed by atoms with van der Waals surface area (Å²) in [5.41, 5.74) is 1.44. The van der Waals surface area contributed by atoms with Gasteiger partial charge in [-0.15, -0.1) is 0 Å². The third kappa shape index (κ3) is 6.24. The summed E-state index contributed by atoms with van der Waals surface area (Å²) in [6.07, 6.45) is -1.88. The molecular formula is C23H27N5O10. The van der Waals surface area contributed by atoms with Crippen LogP contribution in [0.3, 0.4) is 0 Å². The molecule has 0 aliphatic carbocycles. The number of amides is 2. The van der Waals surface area contributed by atoms with Gasteiger partial charge in [-0.3, -0.25) is 4.79 Å². The molecule has 0 spiro atoms. The Bertz CT molecular complexity index is 1190. The minimum atomic E-state index is -2.36. The lowest BCUT2D eigenvalue weighted by Gasteiger charge is -2.38. The van der Waals surface area contributed by atoms with Crippen molar-refractivity contribution in [2.45, 2.75) is 19.6 Å². The number of carbonyl (C=O) groups is 5. The molecule has 2 amide bonds. The number of ether oxygens (including phenoxy) is 5. The van der Waals surface area contributed by atoms with E-state index in [1.54, 1.807) is 30.3 Å². The van der Waals surface area contributed by atoms with Gasteiger partial charge in [0.25, 0.3) is 0 Å². The average Bonchev–Trinajstić information content (AvgIpc) is 2.94. The number of hydrazone groups is 2. The molecule has 2 rings (SSSR count). The van der Waals surface area contributed by atoms with Crippen LogP contribution in [0.1, 0.15) is 19.4 Å². The van der Waals surface area contributed by atoms with Crippen LogP contribution in [-0.2, 0) is 38.1 Å². The topological polar surface area (TPSA) is 192 Å². The number of benzene rings is 1. The van der Waals surface area contributed by atoms with Crippen molar-refractivity contribution in [3.05, 3.63) is 41.5 Å². The van der Waals surface area contributed by atoms with E-state index in [-0.39, 0.29) is 22.7 Å². The molecule has 0 aromatic heterocycles. The van der Waals surface area contributed by atoms with Gasteiger partial charge in [-0.2, -0.15) is 10.2 Å². The highest BCUT2D eigenvalue weighted by Crippen LogP contribution is 2.34. The van der Waals surface area contributed by atoms with E-state index >= 15 is 0 Å². The number of rotatable bonds is 8. The van der Waals surface area contributed by atoms with Crippen LogP contribution in [0.5, 0.6) is 0 Å². The molecule has 1 aliphatic heterocycles. The summed E-state index contributed by atoms with van der Waals surface area (Å²) >= 11 is 0. The lowest BCUT2D eigenvalue weighted by molar-refractivity contribution is -0.174. The Morgan fingerprint density at radius 3 is 2.00 bits per heavy atom. The van der Waals surface area contributed by atoms with Gasteiger partial charge in [0, 0.05) is 0 Å². The maximum atomic E-state index is 13.6. The van der Waals surface area contributed by atoms with Crippen LogP contribution in [0.15, 0.2) is 46.1 Å². The van der Waals surface area contributed by atoms with Crippen LogP contribution in [-0.4, -0.2) is 75.7 Å². The second-order valence-corrected chi connectivity index (χ2v) is 7.46. The third-order valence-electron chi connectivity index (χ3n) is 5.23. The Hall–Kier alpha value is -4.95. The number of esters is 3. The first-order valence-electron chi connectivity index (χ1n) is 10.8. The number of nitrogens with zero attached hydrogens (tertiary/aromatic N) is 2. The van der Waals surface area contributed by atoms with Crippen LogP contribution >= 0.6 is 0 Å². The summed E-state index contributed by atoms with van der Waals surface area (Å²) in [5.74, 6) is -4.68. The monoisotopic (exact) mass is 533 g/mol. The Morgan fingerprint density at radius 1 is 0.895 bits per heavy atom. The molecule has 0 saturated heterocycles. The highest BCUT2D eigenvalue weighted by atomic mass is 16.6. The van der Waals surface area contributed by atoms with E-state index in [1.807, 2.05) is 5.43 Å². The molecule has 1 aromatic rings. The normalized spacial score (nSPS) is 18.3. The van der Waals surface area contributed by atoms with E-state index in [0.717, 1.165) is 28.4 Å². The maximum Gasteiger partial charge on any atom is 0.427 e. The van der Waals surface area contributed by atoms with Crippen molar-refractivity contribution in [1.82, 2.24) is 16.2 Å². The highest BCUT2D eigenvalue weighted by Gasteiger charge is 2.54. The number of cyclic esters (lactones) is 1. The molecule has 15 heteroatoms. The van der Waals surface area contributed by atoms with Gasteiger partial charge in [0.1, 0.15) is 11.6 Å². The number of methoxy groups -OCH3 is 4. The van der Waals surface area contributed by atoms with Crippen molar-refractivity contribution in [2.75, 3.05) is 28.4 Å². The second-order valence-electron chi connectivity index (χ2n) is 7.46. The summed E-state index contributed by atoms with van der Waals surface area (Å²) in [6, 6.07) is 8.18. The second kappa shape index (κ2) is 12.8. The fourth-order valence-corrected chi connectivity index (χ4v) is 3.32. The quantitative estimate of drug-likeness (QED) is 0.184. The molecule has 1 aliphatic rings. The van der Waals surface area contributed by atoms with E-state index in [0.29, 0.717) is 5.56 Å². The van der Waals surface area contributed by atoms with E-state index in [1.165, 1.54) is 13.8 Å². The molecule has 15 nitrogen and oxygen atoms in total. The fraction of sp³-hybridized carbons (Fsp3) is 0.348. The van der Waals surface area contributed by atoms with Gasteiger partial charge in [0.2, 0.25) is 0 Å². The van der Waals surface area contributed by atoms with Crippen LogP contribution < -0.4 is 16.2 Å². The summed E-state index contributed by atoms with van der Waals surface area (Å²) in [4.78, 5) is 62.6. The first kappa shape index (κ1) is 29.3. The van der Waals surface area contributed by atoms with Gasteiger partial charge in [0.05, 0.1) is 45.4 Å². The molecule has 3 N–H and O–H groups in total.